The molecule has 0 saturated carbocycles. The number of benzene rings is 2. The highest BCUT2D eigenvalue weighted by Gasteiger charge is 2.35. The normalized spacial score (nSPS) is 12.3. The van der Waals surface area contributed by atoms with Crippen LogP contribution in [0.2, 0.25) is 0 Å². The van der Waals surface area contributed by atoms with E-state index in [-0.39, 0.29) is 6.42 Å². The average molecular weight is 359 g/mol. The monoisotopic (exact) mass is 359 g/mol. The second-order valence-electron chi connectivity index (χ2n) is 6.52. The molecule has 2 rings (SSSR count). The maximum absolute atomic E-state index is 13.0. The predicted octanol–water partition coefficient (Wildman–Crippen LogP) is 2.92. The van der Waals surface area contributed by atoms with E-state index < -0.39 is 29.2 Å². The molecule has 2 aromatic carbocycles. The summed E-state index contributed by atoms with van der Waals surface area (Å²) in [5, 5.41) is 12.0. The summed E-state index contributed by atoms with van der Waals surface area (Å²) in [6.45, 7) is 3.41. The Bertz CT molecular complexity index is 787. The number of ether oxygens (including phenoxy) is 1. The lowest BCUT2D eigenvalue weighted by Gasteiger charge is -2.28. The minimum Gasteiger partial charge on any atom is -0.496 e. The van der Waals surface area contributed by atoms with Gasteiger partial charge in [-0.1, -0.05) is 30.3 Å². The van der Waals surface area contributed by atoms with Gasteiger partial charge in [0.15, 0.2) is 0 Å². The van der Waals surface area contributed by atoms with Gasteiger partial charge in [-0.25, -0.2) is 9.18 Å². The first-order valence-corrected chi connectivity index (χ1v) is 8.17. The van der Waals surface area contributed by atoms with Crippen LogP contribution in [0.5, 0.6) is 5.75 Å². The molecule has 0 fully saturated rings. The maximum atomic E-state index is 13.0. The van der Waals surface area contributed by atoms with Crippen LogP contribution >= 0.6 is 0 Å². The Morgan fingerprint density at radius 1 is 1.15 bits per heavy atom. The zero-order chi connectivity index (χ0) is 19.3. The Morgan fingerprint density at radius 2 is 1.77 bits per heavy atom. The van der Waals surface area contributed by atoms with Crippen LogP contribution in [-0.2, 0) is 21.4 Å². The van der Waals surface area contributed by atoms with Gasteiger partial charge in [-0.05, 0) is 37.6 Å². The average Bonchev–Trinajstić information content (AvgIpc) is 2.62. The lowest BCUT2D eigenvalue weighted by Crippen LogP contribution is -2.49. The lowest BCUT2D eigenvalue weighted by atomic mass is 9.82. The van der Waals surface area contributed by atoms with E-state index in [1.165, 1.54) is 31.4 Å². The fourth-order valence-electron chi connectivity index (χ4n) is 2.68. The van der Waals surface area contributed by atoms with E-state index in [0.717, 1.165) is 0 Å². The van der Waals surface area contributed by atoms with E-state index in [1.807, 2.05) is 0 Å². The SMILES string of the molecule is COc1ccccc1C(C)(C)C(=O)NC(Cc1ccc(F)cc1)C(=O)O. The van der Waals surface area contributed by atoms with Crippen LogP contribution in [0.1, 0.15) is 25.0 Å². The first-order chi connectivity index (χ1) is 12.3. The van der Waals surface area contributed by atoms with Gasteiger partial charge in [-0.3, -0.25) is 4.79 Å². The molecule has 1 atom stereocenters. The van der Waals surface area contributed by atoms with E-state index in [0.29, 0.717) is 16.9 Å². The molecule has 1 amide bonds. The number of para-hydroxylation sites is 1. The number of carboxylic acid groups (broad SMARTS) is 1. The van der Waals surface area contributed by atoms with Gasteiger partial charge in [-0.2, -0.15) is 0 Å². The number of hydrogen-bond donors (Lipinski definition) is 2. The Morgan fingerprint density at radius 3 is 2.35 bits per heavy atom. The molecule has 26 heavy (non-hydrogen) atoms. The minimum atomic E-state index is -1.15. The van der Waals surface area contributed by atoms with E-state index in [1.54, 1.807) is 38.1 Å². The molecule has 0 aromatic heterocycles. The summed E-state index contributed by atoms with van der Waals surface area (Å²) >= 11 is 0. The first-order valence-electron chi connectivity index (χ1n) is 8.17. The molecule has 2 aromatic rings. The number of rotatable bonds is 7. The first kappa shape index (κ1) is 19.4. The van der Waals surface area contributed by atoms with Gasteiger partial charge in [0.1, 0.15) is 17.6 Å². The van der Waals surface area contributed by atoms with Gasteiger partial charge >= 0.3 is 5.97 Å². The zero-order valence-electron chi connectivity index (χ0n) is 15.0. The molecule has 0 aliphatic carbocycles. The summed E-state index contributed by atoms with van der Waals surface area (Å²) in [5.41, 5.74) is 0.281. The molecule has 0 radical (unpaired) electrons. The highest BCUT2D eigenvalue weighted by Crippen LogP contribution is 2.31. The Hall–Kier alpha value is -2.89. The molecular weight excluding hydrogens is 337 g/mol. The molecule has 0 bridgehead atoms. The number of hydrogen-bond acceptors (Lipinski definition) is 3. The number of methoxy groups -OCH3 is 1. The van der Waals surface area contributed by atoms with Gasteiger partial charge in [0.05, 0.1) is 12.5 Å². The molecule has 0 heterocycles. The summed E-state index contributed by atoms with van der Waals surface area (Å²) in [7, 11) is 1.52. The Balaban J connectivity index is 2.20. The predicted molar refractivity (Wildman–Crippen MR) is 95.7 cm³/mol. The maximum Gasteiger partial charge on any atom is 0.326 e. The molecule has 0 spiro atoms. The Kier molecular flexibility index (Phi) is 5.97. The van der Waals surface area contributed by atoms with Gasteiger partial charge in [0.25, 0.3) is 0 Å². The van der Waals surface area contributed by atoms with Crippen LogP contribution in [0.4, 0.5) is 4.39 Å². The van der Waals surface area contributed by atoms with Crippen molar-refractivity contribution in [1.29, 1.82) is 0 Å². The molecule has 6 heteroatoms. The fourth-order valence-corrected chi connectivity index (χ4v) is 2.68. The number of aliphatic carboxylic acids is 1. The van der Waals surface area contributed by atoms with Crippen LogP contribution in [0.15, 0.2) is 48.5 Å². The van der Waals surface area contributed by atoms with Crippen molar-refractivity contribution in [2.45, 2.75) is 31.7 Å². The van der Waals surface area contributed by atoms with Crippen LogP contribution in [-0.4, -0.2) is 30.1 Å². The van der Waals surface area contributed by atoms with Crippen molar-refractivity contribution < 1.29 is 23.8 Å². The molecule has 2 N–H and O–H groups in total. The summed E-state index contributed by atoms with van der Waals surface area (Å²) in [6, 6.07) is 11.5. The molecule has 0 saturated heterocycles. The van der Waals surface area contributed by atoms with Crippen molar-refractivity contribution in [3.05, 3.63) is 65.5 Å². The van der Waals surface area contributed by atoms with Crippen LogP contribution in [0.25, 0.3) is 0 Å². The van der Waals surface area contributed by atoms with E-state index in [4.69, 9.17) is 4.74 Å². The van der Waals surface area contributed by atoms with Crippen molar-refractivity contribution in [1.82, 2.24) is 5.32 Å². The second-order valence-corrected chi connectivity index (χ2v) is 6.52. The Labute approximate surface area is 151 Å². The third kappa shape index (κ3) is 4.39. The molecule has 5 nitrogen and oxygen atoms in total. The fraction of sp³-hybridized carbons (Fsp3) is 0.300. The highest BCUT2D eigenvalue weighted by atomic mass is 19.1. The topological polar surface area (TPSA) is 75.6 Å². The number of amides is 1. The third-order valence-corrected chi connectivity index (χ3v) is 4.30. The number of carbonyl (C=O) groups excluding carboxylic acids is 1. The number of carboxylic acids is 1. The van der Waals surface area contributed by atoms with Gasteiger partial charge < -0.3 is 15.2 Å². The summed E-state index contributed by atoms with van der Waals surface area (Å²) in [4.78, 5) is 24.4. The second kappa shape index (κ2) is 7.99. The molecule has 0 aliphatic heterocycles. The number of nitrogens with one attached hydrogen (secondary N) is 1. The summed E-state index contributed by atoms with van der Waals surface area (Å²) < 4.78 is 18.3. The van der Waals surface area contributed by atoms with Crippen LogP contribution in [0, 0.1) is 5.82 Å². The van der Waals surface area contributed by atoms with Crippen molar-refractivity contribution in [2.24, 2.45) is 0 Å². The van der Waals surface area contributed by atoms with Crippen LogP contribution in [0.3, 0.4) is 0 Å². The molecular formula is C20H22FNO4. The van der Waals surface area contributed by atoms with Crippen molar-refractivity contribution >= 4 is 11.9 Å². The third-order valence-electron chi connectivity index (χ3n) is 4.30. The largest absolute Gasteiger partial charge is 0.496 e. The van der Waals surface area contributed by atoms with E-state index >= 15 is 0 Å². The van der Waals surface area contributed by atoms with Crippen molar-refractivity contribution in [3.63, 3.8) is 0 Å². The quantitative estimate of drug-likeness (QED) is 0.797. The molecule has 1 unspecified atom stereocenters. The summed E-state index contributed by atoms with van der Waals surface area (Å²) in [6.07, 6.45) is 0.0589. The van der Waals surface area contributed by atoms with Gasteiger partial charge in [-0.15, -0.1) is 0 Å². The van der Waals surface area contributed by atoms with Crippen molar-refractivity contribution in [3.8, 4) is 5.75 Å². The standard InChI is InChI=1S/C20H22FNO4/c1-20(2,15-6-4-5-7-17(15)26-3)19(25)22-16(18(23)24)12-13-8-10-14(21)11-9-13/h4-11,16H,12H2,1-3H3,(H,22,25)(H,23,24). The zero-order valence-corrected chi connectivity index (χ0v) is 15.0. The molecule has 138 valence electrons. The smallest absolute Gasteiger partial charge is 0.326 e. The van der Waals surface area contributed by atoms with E-state index in [9.17, 15) is 19.1 Å². The summed E-state index contributed by atoms with van der Waals surface area (Å²) in [5.74, 6) is -1.44. The van der Waals surface area contributed by atoms with Crippen LogP contribution < -0.4 is 10.1 Å². The van der Waals surface area contributed by atoms with Crippen molar-refractivity contribution in [2.75, 3.05) is 7.11 Å². The highest BCUT2D eigenvalue weighted by molar-refractivity contribution is 5.91. The van der Waals surface area contributed by atoms with Gasteiger partial charge in [0.2, 0.25) is 5.91 Å². The number of carbonyl (C=O) groups is 2. The van der Waals surface area contributed by atoms with E-state index in [2.05, 4.69) is 5.32 Å². The lowest BCUT2D eigenvalue weighted by molar-refractivity contribution is -0.142. The molecule has 0 aliphatic rings. The minimum absolute atomic E-state index is 0.0589. The number of halogens is 1. The van der Waals surface area contributed by atoms with Gasteiger partial charge in [0, 0.05) is 12.0 Å².